The fraction of sp³-hybridized carbons (Fsp3) is 0.857. The summed E-state index contributed by atoms with van der Waals surface area (Å²) >= 11 is 0. The monoisotopic (exact) mass is 306 g/mol. The van der Waals surface area contributed by atoms with Crippen molar-refractivity contribution in [3.63, 3.8) is 0 Å². The number of Topliss-reactive ketones (excluding diaryl/α,β-unsaturated/α-hetero) is 1. The lowest BCUT2D eigenvalue weighted by atomic mass is 9.58. The molecular formula is C21H38O. The number of fused-ring (bicyclic) bond motifs is 2. The van der Waals surface area contributed by atoms with Gasteiger partial charge in [0.25, 0.3) is 0 Å². The van der Waals surface area contributed by atoms with E-state index in [-0.39, 0.29) is 5.92 Å². The molecule has 22 heavy (non-hydrogen) atoms. The van der Waals surface area contributed by atoms with E-state index in [1.807, 2.05) is 0 Å². The Balaban J connectivity index is 0.000000541. The van der Waals surface area contributed by atoms with Gasteiger partial charge in [0, 0.05) is 5.92 Å². The highest BCUT2D eigenvalue weighted by Crippen LogP contribution is 2.58. The second-order valence-corrected chi connectivity index (χ2v) is 8.89. The van der Waals surface area contributed by atoms with Crippen molar-refractivity contribution in [2.45, 2.75) is 93.9 Å². The zero-order valence-corrected chi connectivity index (χ0v) is 16.3. The van der Waals surface area contributed by atoms with Crippen molar-refractivity contribution in [1.29, 1.82) is 0 Å². The summed E-state index contributed by atoms with van der Waals surface area (Å²) in [4.78, 5) is 11.9. The quantitative estimate of drug-likeness (QED) is 0.527. The lowest BCUT2D eigenvalue weighted by Gasteiger charge is -2.47. The van der Waals surface area contributed by atoms with Gasteiger partial charge in [0.05, 0.1) is 0 Å². The van der Waals surface area contributed by atoms with Crippen LogP contribution in [0.25, 0.3) is 0 Å². The number of carbonyl (C=O) groups excluding carboxylic acids is 1. The lowest BCUT2D eigenvalue weighted by Crippen LogP contribution is -2.38. The largest absolute Gasteiger partial charge is 0.299 e. The van der Waals surface area contributed by atoms with Gasteiger partial charge in [-0.2, -0.15) is 0 Å². The van der Waals surface area contributed by atoms with Gasteiger partial charge in [0.2, 0.25) is 0 Å². The maximum Gasteiger partial charge on any atom is 0.136 e. The van der Waals surface area contributed by atoms with E-state index in [1.165, 1.54) is 36.8 Å². The molecule has 1 heteroatoms. The average Bonchev–Trinajstić information content (AvgIpc) is 2.57. The smallest absolute Gasteiger partial charge is 0.136 e. The van der Waals surface area contributed by atoms with E-state index in [1.54, 1.807) is 6.92 Å². The molecule has 2 aliphatic rings. The summed E-state index contributed by atoms with van der Waals surface area (Å²) in [5, 5.41) is 0. The van der Waals surface area contributed by atoms with E-state index < -0.39 is 0 Å². The van der Waals surface area contributed by atoms with Crippen molar-refractivity contribution >= 4 is 5.78 Å². The summed E-state index contributed by atoms with van der Waals surface area (Å²) in [6.07, 6.45) is 7.16. The number of carbonyl (C=O) groups is 1. The van der Waals surface area contributed by atoms with Gasteiger partial charge in [-0.3, -0.25) is 4.79 Å². The van der Waals surface area contributed by atoms with Gasteiger partial charge in [0.1, 0.15) is 5.78 Å². The molecule has 0 aromatic heterocycles. The Labute approximate surface area is 139 Å². The molecule has 128 valence electrons. The Morgan fingerprint density at radius 3 is 2.23 bits per heavy atom. The van der Waals surface area contributed by atoms with E-state index in [4.69, 9.17) is 0 Å². The maximum atomic E-state index is 11.9. The van der Waals surface area contributed by atoms with Gasteiger partial charge in [-0.25, -0.2) is 0 Å². The molecule has 0 aromatic rings. The third kappa shape index (κ3) is 4.03. The van der Waals surface area contributed by atoms with Gasteiger partial charge in [0.15, 0.2) is 0 Å². The summed E-state index contributed by atoms with van der Waals surface area (Å²) in [5.41, 5.74) is 3.84. The lowest BCUT2D eigenvalue weighted by molar-refractivity contribution is -0.120. The van der Waals surface area contributed by atoms with E-state index in [0.29, 0.717) is 16.6 Å². The highest BCUT2D eigenvalue weighted by atomic mass is 16.1. The summed E-state index contributed by atoms with van der Waals surface area (Å²) in [7, 11) is 0. The third-order valence-electron chi connectivity index (χ3n) is 6.28. The molecule has 0 saturated heterocycles. The van der Waals surface area contributed by atoms with E-state index in [2.05, 4.69) is 48.5 Å². The van der Waals surface area contributed by atoms with Crippen LogP contribution in [0.15, 0.2) is 11.1 Å². The highest BCUT2D eigenvalue weighted by molar-refractivity contribution is 5.81. The average molecular weight is 307 g/mol. The second kappa shape index (κ2) is 7.32. The predicted molar refractivity (Wildman–Crippen MR) is 97.0 cm³/mol. The van der Waals surface area contributed by atoms with Gasteiger partial charge in [-0.05, 0) is 62.7 Å². The molecule has 2 aliphatic carbocycles. The van der Waals surface area contributed by atoms with Crippen molar-refractivity contribution in [2.24, 2.45) is 22.7 Å². The van der Waals surface area contributed by atoms with Gasteiger partial charge >= 0.3 is 0 Å². The predicted octanol–water partition coefficient (Wildman–Crippen LogP) is 6.57. The van der Waals surface area contributed by atoms with Crippen molar-refractivity contribution in [1.82, 2.24) is 0 Å². The van der Waals surface area contributed by atoms with Crippen LogP contribution in [0.3, 0.4) is 0 Å². The Morgan fingerprint density at radius 2 is 1.77 bits per heavy atom. The molecule has 0 N–H and O–H groups in total. The number of allylic oxidation sites excluding steroid dienone is 2. The Morgan fingerprint density at radius 1 is 1.23 bits per heavy atom. The number of hydrogen-bond donors (Lipinski definition) is 0. The molecule has 0 fully saturated rings. The van der Waals surface area contributed by atoms with Crippen LogP contribution in [-0.4, -0.2) is 5.78 Å². The van der Waals surface area contributed by atoms with E-state index >= 15 is 0 Å². The van der Waals surface area contributed by atoms with Crippen LogP contribution in [-0.2, 0) is 4.79 Å². The van der Waals surface area contributed by atoms with Gasteiger partial charge < -0.3 is 0 Å². The summed E-state index contributed by atoms with van der Waals surface area (Å²) in [5.74, 6) is 1.45. The second-order valence-electron chi connectivity index (χ2n) is 8.89. The summed E-state index contributed by atoms with van der Waals surface area (Å²) in [6, 6.07) is 0. The Kier molecular flexibility index (Phi) is 6.47. The molecule has 3 atom stereocenters. The molecular weight excluding hydrogens is 268 g/mol. The first-order valence-electron chi connectivity index (χ1n) is 9.25. The van der Waals surface area contributed by atoms with Crippen LogP contribution in [0, 0.1) is 22.7 Å². The summed E-state index contributed by atoms with van der Waals surface area (Å²) in [6.45, 7) is 17.8. The molecule has 0 spiro atoms. The van der Waals surface area contributed by atoms with Crippen LogP contribution in [0.5, 0.6) is 0 Å². The molecule has 0 heterocycles. The molecule has 0 aromatic carbocycles. The fourth-order valence-electron chi connectivity index (χ4n) is 4.39. The van der Waals surface area contributed by atoms with Crippen LogP contribution in [0.4, 0.5) is 0 Å². The summed E-state index contributed by atoms with van der Waals surface area (Å²) < 4.78 is 0. The number of ketones is 1. The molecule has 2 rings (SSSR count). The van der Waals surface area contributed by atoms with Crippen LogP contribution in [0.2, 0.25) is 0 Å². The van der Waals surface area contributed by atoms with Crippen molar-refractivity contribution in [3.05, 3.63) is 11.1 Å². The molecule has 0 radical (unpaired) electrons. The first kappa shape index (κ1) is 19.5. The zero-order valence-electron chi connectivity index (χ0n) is 16.3. The molecule has 0 aliphatic heterocycles. The third-order valence-corrected chi connectivity index (χ3v) is 6.28. The minimum Gasteiger partial charge on any atom is -0.299 e. The molecule has 3 unspecified atom stereocenters. The number of hydrogen-bond acceptors (Lipinski definition) is 1. The van der Waals surface area contributed by atoms with Gasteiger partial charge in [-0.15, -0.1) is 0 Å². The van der Waals surface area contributed by atoms with Gasteiger partial charge in [-0.1, -0.05) is 59.1 Å². The van der Waals surface area contributed by atoms with Crippen LogP contribution >= 0.6 is 0 Å². The molecule has 0 saturated carbocycles. The number of rotatable bonds is 2. The minimum absolute atomic E-state index is 0.230. The minimum atomic E-state index is 0.230. The van der Waals surface area contributed by atoms with Crippen LogP contribution in [0.1, 0.15) is 93.9 Å². The Bertz CT molecular complexity index is 428. The molecule has 1 nitrogen and oxygen atoms in total. The van der Waals surface area contributed by atoms with E-state index in [9.17, 15) is 4.79 Å². The molecule has 2 bridgehead atoms. The van der Waals surface area contributed by atoms with Crippen LogP contribution < -0.4 is 0 Å². The van der Waals surface area contributed by atoms with Crippen molar-refractivity contribution < 1.29 is 4.79 Å². The standard InChI is InChI=1S/C17H28O.C4H10/c1-6-16(4)9-7-14-12(2)11-17(16,5)10-8-15(14)13(3)18;1-4(2)3/h15H,6-11H2,1-5H3;4H,1-3H3. The van der Waals surface area contributed by atoms with Crippen molar-refractivity contribution in [2.75, 3.05) is 0 Å². The first-order chi connectivity index (χ1) is 10.1. The van der Waals surface area contributed by atoms with E-state index in [0.717, 1.165) is 18.8 Å². The fourth-order valence-corrected chi connectivity index (χ4v) is 4.39. The van der Waals surface area contributed by atoms with Crippen molar-refractivity contribution in [3.8, 4) is 0 Å². The SMILES string of the molecule is CC(C)C.CCC1(C)CCC2=C(C)CC1(C)CCC2C(C)=O. The zero-order chi connectivity index (χ0) is 17.1. The normalized spacial score (nSPS) is 34.9. The molecule has 0 amide bonds. The first-order valence-corrected chi connectivity index (χ1v) is 9.25. The maximum absolute atomic E-state index is 11.9. The highest BCUT2D eigenvalue weighted by Gasteiger charge is 2.47. The topological polar surface area (TPSA) is 17.1 Å². The Hall–Kier alpha value is -0.590.